The Balaban J connectivity index is 2.22. The first-order valence-electron chi connectivity index (χ1n) is 8.97. The first-order valence-corrected chi connectivity index (χ1v) is 10.5. The summed E-state index contributed by atoms with van der Waals surface area (Å²) in [6.07, 6.45) is 0.784. The molecule has 2 N–H and O–H groups in total. The van der Waals surface area contributed by atoms with Gasteiger partial charge in [-0.05, 0) is 62.2 Å². The molecule has 150 valence electrons. The van der Waals surface area contributed by atoms with Gasteiger partial charge in [0.2, 0.25) is 0 Å². The van der Waals surface area contributed by atoms with Crippen LogP contribution in [0, 0.1) is 6.92 Å². The number of amides is 1. The predicted molar refractivity (Wildman–Crippen MR) is 107 cm³/mol. The molecule has 0 aromatic heterocycles. The van der Waals surface area contributed by atoms with E-state index in [0.717, 1.165) is 6.42 Å². The van der Waals surface area contributed by atoms with Crippen molar-refractivity contribution in [3.63, 3.8) is 0 Å². The lowest BCUT2D eigenvalue weighted by atomic mass is 10.1. The summed E-state index contributed by atoms with van der Waals surface area (Å²) in [4.78, 5) is 23.9. The molecule has 2 aromatic carbocycles. The summed E-state index contributed by atoms with van der Waals surface area (Å²) in [6.45, 7) is 6.16. The molecule has 0 saturated carbocycles. The van der Waals surface area contributed by atoms with E-state index in [1.54, 1.807) is 19.9 Å². The maximum atomic E-state index is 12.7. The SMILES string of the molecule is CCCNC(=O)c1cc(S(=O)(=O)Nc2ccc(C(=O)OCC)cc2)ccc1C. The lowest BCUT2D eigenvalue weighted by Gasteiger charge is -2.12. The minimum atomic E-state index is -3.90. The normalized spacial score (nSPS) is 11.0. The van der Waals surface area contributed by atoms with Crippen LogP contribution in [-0.4, -0.2) is 33.4 Å². The van der Waals surface area contributed by atoms with E-state index in [-0.39, 0.29) is 17.4 Å². The zero-order chi connectivity index (χ0) is 20.7. The molecule has 8 heteroatoms. The average Bonchev–Trinajstić information content (AvgIpc) is 2.66. The first-order chi connectivity index (χ1) is 13.3. The van der Waals surface area contributed by atoms with Crippen molar-refractivity contribution in [2.75, 3.05) is 17.9 Å². The zero-order valence-corrected chi connectivity index (χ0v) is 16.9. The Labute approximate surface area is 165 Å². The maximum Gasteiger partial charge on any atom is 0.338 e. The molecule has 0 aliphatic rings. The number of ether oxygens (including phenoxy) is 1. The van der Waals surface area contributed by atoms with Gasteiger partial charge in [-0.2, -0.15) is 0 Å². The van der Waals surface area contributed by atoms with E-state index in [1.807, 2.05) is 6.92 Å². The molecule has 0 spiro atoms. The third-order valence-corrected chi connectivity index (χ3v) is 5.33. The summed E-state index contributed by atoms with van der Waals surface area (Å²) in [5, 5.41) is 2.75. The van der Waals surface area contributed by atoms with Crippen LogP contribution in [0.25, 0.3) is 0 Å². The van der Waals surface area contributed by atoms with Crippen molar-refractivity contribution in [2.24, 2.45) is 0 Å². The second-order valence-corrected chi connectivity index (χ2v) is 7.82. The standard InChI is InChI=1S/C20H24N2O5S/c1-4-12-21-19(23)18-13-17(11-6-14(18)3)28(25,26)22-16-9-7-15(8-10-16)20(24)27-5-2/h6-11,13,22H,4-5,12H2,1-3H3,(H,21,23). The van der Waals surface area contributed by atoms with Gasteiger partial charge in [-0.15, -0.1) is 0 Å². The highest BCUT2D eigenvalue weighted by molar-refractivity contribution is 7.92. The van der Waals surface area contributed by atoms with Crippen molar-refractivity contribution in [2.45, 2.75) is 32.1 Å². The Morgan fingerprint density at radius 1 is 1.04 bits per heavy atom. The van der Waals surface area contributed by atoms with E-state index in [2.05, 4.69) is 10.0 Å². The monoisotopic (exact) mass is 404 g/mol. The zero-order valence-electron chi connectivity index (χ0n) is 16.1. The molecular formula is C20H24N2O5S. The third-order valence-electron chi connectivity index (χ3n) is 3.95. The summed E-state index contributed by atoms with van der Waals surface area (Å²) in [5.74, 6) is -0.784. The number of carbonyl (C=O) groups excluding carboxylic acids is 2. The van der Waals surface area contributed by atoms with Crippen molar-refractivity contribution in [1.82, 2.24) is 5.32 Å². The molecule has 0 aliphatic heterocycles. The summed E-state index contributed by atoms with van der Waals surface area (Å²) in [5.41, 5.74) is 1.63. The molecule has 28 heavy (non-hydrogen) atoms. The Morgan fingerprint density at radius 3 is 2.32 bits per heavy atom. The molecule has 0 saturated heterocycles. The molecule has 1 amide bonds. The topological polar surface area (TPSA) is 102 Å². The van der Waals surface area contributed by atoms with Crippen LogP contribution in [0.5, 0.6) is 0 Å². The van der Waals surface area contributed by atoms with Gasteiger partial charge in [-0.3, -0.25) is 9.52 Å². The van der Waals surface area contributed by atoms with Crippen LogP contribution in [0.4, 0.5) is 5.69 Å². The number of sulfonamides is 1. The quantitative estimate of drug-likeness (QED) is 0.658. The van der Waals surface area contributed by atoms with Crippen molar-refractivity contribution in [1.29, 1.82) is 0 Å². The van der Waals surface area contributed by atoms with Crippen LogP contribution in [0.1, 0.15) is 46.5 Å². The van der Waals surface area contributed by atoms with Crippen LogP contribution in [0.2, 0.25) is 0 Å². The number of rotatable bonds is 8. The predicted octanol–water partition coefficient (Wildman–Crippen LogP) is 3.11. The number of esters is 1. The Bertz CT molecular complexity index is 953. The number of hydrogen-bond acceptors (Lipinski definition) is 5. The van der Waals surface area contributed by atoms with E-state index >= 15 is 0 Å². The molecule has 0 bridgehead atoms. The molecule has 0 atom stereocenters. The lowest BCUT2D eigenvalue weighted by molar-refractivity contribution is 0.0526. The van der Waals surface area contributed by atoms with Crippen LogP contribution < -0.4 is 10.0 Å². The highest BCUT2D eigenvalue weighted by Gasteiger charge is 2.18. The second-order valence-electron chi connectivity index (χ2n) is 6.14. The van der Waals surface area contributed by atoms with Gasteiger partial charge in [0.25, 0.3) is 15.9 Å². The highest BCUT2D eigenvalue weighted by atomic mass is 32.2. The van der Waals surface area contributed by atoms with E-state index < -0.39 is 16.0 Å². The van der Waals surface area contributed by atoms with Gasteiger partial charge in [0.15, 0.2) is 0 Å². The fraction of sp³-hybridized carbons (Fsp3) is 0.300. The molecule has 2 aromatic rings. The van der Waals surface area contributed by atoms with Crippen molar-refractivity contribution < 1.29 is 22.7 Å². The molecule has 2 rings (SSSR count). The van der Waals surface area contributed by atoms with Crippen LogP contribution in [-0.2, 0) is 14.8 Å². The minimum Gasteiger partial charge on any atom is -0.462 e. The van der Waals surface area contributed by atoms with E-state index in [9.17, 15) is 18.0 Å². The van der Waals surface area contributed by atoms with Gasteiger partial charge < -0.3 is 10.1 Å². The van der Waals surface area contributed by atoms with Crippen LogP contribution in [0.15, 0.2) is 47.4 Å². The number of nitrogens with one attached hydrogen (secondary N) is 2. The number of anilines is 1. The largest absolute Gasteiger partial charge is 0.462 e. The number of aryl methyl sites for hydroxylation is 1. The Kier molecular flexibility index (Phi) is 7.17. The Hall–Kier alpha value is -2.87. The van der Waals surface area contributed by atoms with Crippen LogP contribution >= 0.6 is 0 Å². The molecule has 0 unspecified atom stereocenters. The minimum absolute atomic E-state index is 0.0192. The molecule has 0 aliphatic carbocycles. The fourth-order valence-corrected chi connectivity index (χ4v) is 3.53. The van der Waals surface area contributed by atoms with E-state index in [0.29, 0.717) is 28.9 Å². The summed E-state index contributed by atoms with van der Waals surface area (Å²) < 4.78 is 32.7. The molecule has 0 fully saturated rings. The fourth-order valence-electron chi connectivity index (χ4n) is 2.45. The summed E-state index contributed by atoms with van der Waals surface area (Å²) in [6, 6.07) is 10.3. The van der Waals surface area contributed by atoms with E-state index in [1.165, 1.54) is 36.4 Å². The van der Waals surface area contributed by atoms with Gasteiger partial charge in [-0.25, -0.2) is 13.2 Å². The number of benzene rings is 2. The third kappa shape index (κ3) is 5.32. The van der Waals surface area contributed by atoms with Crippen LogP contribution in [0.3, 0.4) is 0 Å². The van der Waals surface area contributed by atoms with Gasteiger partial charge in [-0.1, -0.05) is 13.0 Å². The number of hydrogen-bond donors (Lipinski definition) is 2. The smallest absolute Gasteiger partial charge is 0.338 e. The van der Waals surface area contributed by atoms with Gasteiger partial charge >= 0.3 is 5.97 Å². The van der Waals surface area contributed by atoms with Gasteiger partial charge in [0, 0.05) is 17.8 Å². The van der Waals surface area contributed by atoms with Gasteiger partial charge in [0.1, 0.15) is 0 Å². The molecule has 0 radical (unpaired) electrons. The van der Waals surface area contributed by atoms with Gasteiger partial charge in [0.05, 0.1) is 17.1 Å². The summed E-state index contributed by atoms with van der Waals surface area (Å²) >= 11 is 0. The highest BCUT2D eigenvalue weighted by Crippen LogP contribution is 2.20. The lowest BCUT2D eigenvalue weighted by Crippen LogP contribution is -2.25. The van der Waals surface area contributed by atoms with Crippen molar-refractivity contribution in [3.05, 3.63) is 59.2 Å². The van der Waals surface area contributed by atoms with Crippen molar-refractivity contribution >= 4 is 27.6 Å². The maximum absolute atomic E-state index is 12.7. The average molecular weight is 404 g/mol. The summed E-state index contributed by atoms with van der Waals surface area (Å²) in [7, 11) is -3.90. The van der Waals surface area contributed by atoms with E-state index in [4.69, 9.17) is 4.74 Å². The second kappa shape index (κ2) is 9.36. The molecule has 0 heterocycles. The molecular weight excluding hydrogens is 380 g/mol. The first kappa shape index (κ1) is 21.4. The van der Waals surface area contributed by atoms with Crippen molar-refractivity contribution in [3.8, 4) is 0 Å². The molecule has 7 nitrogen and oxygen atoms in total. The number of carbonyl (C=O) groups is 2. The Morgan fingerprint density at radius 2 is 1.71 bits per heavy atom.